The van der Waals surface area contributed by atoms with Gasteiger partial charge in [-0.1, -0.05) is 53.3 Å². The standard InChI is InChI=1S/C20H20N6OS/c1-14-11-15(2)13-17(12-14)26-20(22-24-25-26)28-10-6-9-18-21-19(23-27-18)16-7-4-3-5-8-16/h3-5,7-8,11-13H,6,9-10H2,1-2H3. The number of tetrazole rings is 1. The lowest BCUT2D eigenvalue weighted by molar-refractivity contribution is 0.378. The van der Waals surface area contributed by atoms with Gasteiger partial charge in [-0.15, -0.1) is 5.10 Å². The van der Waals surface area contributed by atoms with Gasteiger partial charge in [0.1, 0.15) is 0 Å². The fourth-order valence-corrected chi connectivity index (χ4v) is 3.78. The van der Waals surface area contributed by atoms with Gasteiger partial charge in [-0.2, -0.15) is 9.67 Å². The Labute approximate surface area is 167 Å². The fourth-order valence-electron chi connectivity index (χ4n) is 2.95. The molecule has 4 aromatic rings. The van der Waals surface area contributed by atoms with E-state index in [0.717, 1.165) is 35.0 Å². The zero-order chi connectivity index (χ0) is 19.3. The lowest BCUT2D eigenvalue weighted by Crippen LogP contribution is -2.00. The first-order chi connectivity index (χ1) is 13.7. The summed E-state index contributed by atoms with van der Waals surface area (Å²) in [5, 5.41) is 17.0. The molecule has 142 valence electrons. The van der Waals surface area contributed by atoms with Gasteiger partial charge in [0.2, 0.25) is 16.9 Å². The molecule has 0 saturated heterocycles. The van der Waals surface area contributed by atoms with E-state index in [9.17, 15) is 0 Å². The predicted octanol–water partition coefficient (Wildman–Crippen LogP) is 4.05. The van der Waals surface area contributed by atoms with Crippen LogP contribution in [0.25, 0.3) is 17.1 Å². The minimum Gasteiger partial charge on any atom is -0.339 e. The molecule has 0 fully saturated rings. The molecular weight excluding hydrogens is 372 g/mol. The Balaban J connectivity index is 1.34. The van der Waals surface area contributed by atoms with Crippen molar-refractivity contribution in [2.45, 2.75) is 31.8 Å². The van der Waals surface area contributed by atoms with Gasteiger partial charge in [0.25, 0.3) is 0 Å². The van der Waals surface area contributed by atoms with Gasteiger partial charge in [0.15, 0.2) is 0 Å². The SMILES string of the molecule is Cc1cc(C)cc(-n2nnnc2SCCCc2nc(-c3ccccc3)no2)c1. The fraction of sp³-hybridized carbons (Fsp3) is 0.250. The highest BCUT2D eigenvalue weighted by molar-refractivity contribution is 7.99. The monoisotopic (exact) mass is 392 g/mol. The first-order valence-corrected chi connectivity index (χ1v) is 10.1. The molecule has 0 N–H and O–H groups in total. The summed E-state index contributed by atoms with van der Waals surface area (Å²) in [4.78, 5) is 4.47. The van der Waals surface area contributed by atoms with Crippen molar-refractivity contribution < 1.29 is 4.52 Å². The van der Waals surface area contributed by atoms with Crippen molar-refractivity contribution in [1.29, 1.82) is 0 Å². The minimum atomic E-state index is 0.627. The molecule has 0 unspecified atom stereocenters. The van der Waals surface area contributed by atoms with Crippen LogP contribution in [0.15, 0.2) is 58.2 Å². The Bertz CT molecular complexity index is 1040. The lowest BCUT2D eigenvalue weighted by Gasteiger charge is -2.06. The van der Waals surface area contributed by atoms with Crippen molar-refractivity contribution in [3.63, 3.8) is 0 Å². The Morgan fingerprint density at radius 1 is 1.04 bits per heavy atom. The van der Waals surface area contributed by atoms with E-state index in [1.54, 1.807) is 16.4 Å². The molecule has 7 nitrogen and oxygen atoms in total. The first-order valence-electron chi connectivity index (χ1n) is 9.07. The number of hydrogen-bond acceptors (Lipinski definition) is 7. The molecule has 28 heavy (non-hydrogen) atoms. The average Bonchev–Trinajstić information content (AvgIpc) is 3.35. The molecule has 0 spiro atoms. The third kappa shape index (κ3) is 4.28. The normalized spacial score (nSPS) is 11.1. The summed E-state index contributed by atoms with van der Waals surface area (Å²) in [7, 11) is 0. The lowest BCUT2D eigenvalue weighted by atomic mass is 10.1. The maximum Gasteiger partial charge on any atom is 0.226 e. The molecule has 2 heterocycles. The maximum atomic E-state index is 5.36. The number of aryl methyl sites for hydroxylation is 3. The summed E-state index contributed by atoms with van der Waals surface area (Å²) < 4.78 is 7.14. The quantitative estimate of drug-likeness (QED) is 0.346. The third-order valence-corrected chi connectivity index (χ3v) is 5.16. The number of rotatable bonds is 7. The Morgan fingerprint density at radius 3 is 2.61 bits per heavy atom. The average molecular weight is 392 g/mol. The largest absolute Gasteiger partial charge is 0.339 e. The molecule has 0 saturated carbocycles. The highest BCUT2D eigenvalue weighted by atomic mass is 32.2. The predicted molar refractivity (Wildman–Crippen MR) is 107 cm³/mol. The molecule has 4 rings (SSSR count). The van der Waals surface area contributed by atoms with Crippen molar-refractivity contribution >= 4 is 11.8 Å². The Morgan fingerprint density at radius 2 is 1.82 bits per heavy atom. The van der Waals surface area contributed by atoms with Crippen LogP contribution in [0, 0.1) is 13.8 Å². The van der Waals surface area contributed by atoms with Crippen LogP contribution in [-0.4, -0.2) is 36.1 Å². The van der Waals surface area contributed by atoms with Gasteiger partial charge in [0, 0.05) is 17.7 Å². The van der Waals surface area contributed by atoms with Gasteiger partial charge in [-0.3, -0.25) is 0 Å². The third-order valence-electron chi connectivity index (χ3n) is 4.16. The topological polar surface area (TPSA) is 82.5 Å². The van der Waals surface area contributed by atoms with E-state index in [1.165, 1.54) is 11.1 Å². The van der Waals surface area contributed by atoms with Crippen LogP contribution in [0.1, 0.15) is 23.4 Å². The van der Waals surface area contributed by atoms with Gasteiger partial charge < -0.3 is 4.52 Å². The molecule has 2 aromatic carbocycles. The zero-order valence-corrected chi connectivity index (χ0v) is 16.6. The molecule has 0 bridgehead atoms. The molecule has 0 amide bonds. The summed E-state index contributed by atoms with van der Waals surface area (Å²) >= 11 is 1.62. The first kappa shape index (κ1) is 18.4. The van der Waals surface area contributed by atoms with Crippen LogP contribution < -0.4 is 0 Å². The van der Waals surface area contributed by atoms with E-state index >= 15 is 0 Å². The van der Waals surface area contributed by atoms with Gasteiger partial charge in [-0.05, 0) is 54.0 Å². The number of nitrogens with zero attached hydrogens (tertiary/aromatic N) is 6. The molecule has 2 aromatic heterocycles. The van der Waals surface area contributed by atoms with Crippen LogP contribution in [-0.2, 0) is 6.42 Å². The van der Waals surface area contributed by atoms with Crippen LogP contribution in [0.4, 0.5) is 0 Å². The number of thioether (sulfide) groups is 1. The second-order valence-electron chi connectivity index (χ2n) is 6.55. The molecule has 0 aliphatic rings. The van der Waals surface area contributed by atoms with Gasteiger partial charge >= 0.3 is 0 Å². The van der Waals surface area contributed by atoms with Crippen LogP contribution in [0.2, 0.25) is 0 Å². The number of aromatic nitrogens is 6. The summed E-state index contributed by atoms with van der Waals surface area (Å²) in [6.07, 6.45) is 1.61. The van der Waals surface area contributed by atoms with E-state index < -0.39 is 0 Å². The van der Waals surface area contributed by atoms with E-state index in [2.05, 4.69) is 57.7 Å². The van der Waals surface area contributed by atoms with Crippen molar-refractivity contribution in [2.24, 2.45) is 0 Å². The van der Waals surface area contributed by atoms with Crippen molar-refractivity contribution in [2.75, 3.05) is 5.75 Å². The van der Waals surface area contributed by atoms with Crippen molar-refractivity contribution in [1.82, 2.24) is 30.3 Å². The highest BCUT2D eigenvalue weighted by Gasteiger charge is 2.11. The highest BCUT2D eigenvalue weighted by Crippen LogP contribution is 2.21. The molecule has 0 atom stereocenters. The van der Waals surface area contributed by atoms with Crippen molar-refractivity contribution in [3.8, 4) is 17.1 Å². The van der Waals surface area contributed by atoms with Crippen molar-refractivity contribution in [3.05, 3.63) is 65.5 Å². The molecule has 0 radical (unpaired) electrons. The van der Waals surface area contributed by atoms with Crippen LogP contribution in [0.5, 0.6) is 0 Å². The van der Waals surface area contributed by atoms with E-state index in [1.807, 2.05) is 30.3 Å². The Kier molecular flexibility index (Phi) is 5.48. The summed E-state index contributed by atoms with van der Waals surface area (Å²) in [5.41, 5.74) is 4.31. The number of benzene rings is 2. The molecule has 8 heteroatoms. The van der Waals surface area contributed by atoms with E-state index in [4.69, 9.17) is 4.52 Å². The van der Waals surface area contributed by atoms with Gasteiger partial charge in [-0.25, -0.2) is 0 Å². The summed E-state index contributed by atoms with van der Waals surface area (Å²) in [5.74, 6) is 2.13. The van der Waals surface area contributed by atoms with Crippen LogP contribution in [0.3, 0.4) is 0 Å². The number of hydrogen-bond donors (Lipinski definition) is 0. The van der Waals surface area contributed by atoms with E-state index in [-0.39, 0.29) is 0 Å². The maximum absolute atomic E-state index is 5.36. The molecular formula is C20H20N6OS. The molecule has 0 aliphatic heterocycles. The summed E-state index contributed by atoms with van der Waals surface area (Å²) in [6, 6.07) is 16.1. The van der Waals surface area contributed by atoms with Gasteiger partial charge in [0.05, 0.1) is 5.69 Å². The Hall–Kier alpha value is -3.00. The summed E-state index contributed by atoms with van der Waals surface area (Å²) in [6.45, 7) is 4.14. The zero-order valence-electron chi connectivity index (χ0n) is 15.7. The second kappa shape index (κ2) is 8.35. The van der Waals surface area contributed by atoms with Crippen LogP contribution >= 0.6 is 11.8 Å². The molecule has 0 aliphatic carbocycles. The smallest absolute Gasteiger partial charge is 0.226 e. The minimum absolute atomic E-state index is 0.627. The second-order valence-corrected chi connectivity index (χ2v) is 7.61. The van der Waals surface area contributed by atoms with E-state index in [0.29, 0.717) is 11.7 Å².